The molecule has 20 heavy (non-hydrogen) atoms. The Kier molecular flexibility index (Phi) is 4.97. The van der Waals surface area contributed by atoms with E-state index in [4.69, 9.17) is 10.5 Å². The Morgan fingerprint density at radius 1 is 1.35 bits per heavy atom. The number of ether oxygens (including phenoxy) is 1. The third kappa shape index (κ3) is 3.29. The minimum Gasteiger partial charge on any atom is -0.497 e. The second-order valence-corrected chi connectivity index (χ2v) is 5.22. The number of hydrogen-bond donors (Lipinski definition) is 1. The summed E-state index contributed by atoms with van der Waals surface area (Å²) in [4.78, 5) is 4.50. The minimum atomic E-state index is 0.401. The van der Waals surface area contributed by atoms with Gasteiger partial charge in [0.1, 0.15) is 11.6 Å². The molecular formula is C13H19N5OS. The highest BCUT2D eigenvalue weighted by Gasteiger charge is 2.10. The van der Waals surface area contributed by atoms with E-state index in [1.54, 1.807) is 18.9 Å². The van der Waals surface area contributed by atoms with Gasteiger partial charge in [-0.2, -0.15) is 0 Å². The Bertz CT molecular complexity index is 584. The van der Waals surface area contributed by atoms with Crippen molar-refractivity contribution in [3.05, 3.63) is 29.3 Å². The maximum Gasteiger partial charge on any atom is 0.191 e. The first-order chi connectivity index (χ1) is 9.67. The summed E-state index contributed by atoms with van der Waals surface area (Å²) in [6, 6.07) is 3.85. The summed E-state index contributed by atoms with van der Waals surface area (Å²) in [5.74, 6) is 2.36. The van der Waals surface area contributed by atoms with E-state index >= 15 is 0 Å². The lowest BCUT2D eigenvalue weighted by atomic mass is 10.3. The van der Waals surface area contributed by atoms with Crippen LogP contribution in [-0.2, 0) is 18.8 Å². The third-order valence-corrected chi connectivity index (χ3v) is 3.86. The van der Waals surface area contributed by atoms with Crippen molar-refractivity contribution < 1.29 is 4.74 Å². The van der Waals surface area contributed by atoms with Crippen LogP contribution in [0.25, 0.3) is 0 Å². The second kappa shape index (κ2) is 6.71. The van der Waals surface area contributed by atoms with Crippen LogP contribution in [0, 0.1) is 6.92 Å². The van der Waals surface area contributed by atoms with Gasteiger partial charge in [-0.05, 0) is 13.8 Å². The Morgan fingerprint density at radius 3 is 2.80 bits per heavy atom. The van der Waals surface area contributed by atoms with E-state index in [1.165, 1.54) is 0 Å². The van der Waals surface area contributed by atoms with E-state index in [9.17, 15) is 0 Å². The standard InChI is InChI=1S/C13H19N5OS/c1-4-18-12(7-14)16-17-13(18)20-8-10-6-11(19-3)5-9(2)15-10/h5-6H,4,7-8,14H2,1-3H3. The molecule has 0 aromatic carbocycles. The monoisotopic (exact) mass is 293 g/mol. The van der Waals surface area contributed by atoms with Gasteiger partial charge >= 0.3 is 0 Å². The Balaban J connectivity index is 2.12. The van der Waals surface area contributed by atoms with Gasteiger partial charge in [-0.25, -0.2) is 0 Å². The maximum absolute atomic E-state index is 5.64. The highest BCUT2D eigenvalue weighted by Crippen LogP contribution is 2.23. The molecule has 2 heterocycles. The van der Waals surface area contributed by atoms with Crippen LogP contribution < -0.4 is 10.5 Å². The van der Waals surface area contributed by atoms with Crippen molar-refractivity contribution in [3.8, 4) is 5.75 Å². The van der Waals surface area contributed by atoms with Crippen LogP contribution >= 0.6 is 11.8 Å². The second-order valence-electron chi connectivity index (χ2n) is 4.28. The lowest BCUT2D eigenvalue weighted by molar-refractivity contribution is 0.413. The molecule has 2 aromatic rings. The van der Waals surface area contributed by atoms with Crippen molar-refractivity contribution in [2.75, 3.05) is 7.11 Å². The molecule has 2 rings (SSSR count). The van der Waals surface area contributed by atoms with E-state index in [0.29, 0.717) is 6.54 Å². The molecule has 0 bridgehead atoms. The van der Waals surface area contributed by atoms with E-state index < -0.39 is 0 Å². The molecule has 0 aliphatic carbocycles. The molecule has 0 fully saturated rings. The number of nitrogens with zero attached hydrogens (tertiary/aromatic N) is 4. The molecule has 0 saturated carbocycles. The van der Waals surface area contributed by atoms with E-state index in [2.05, 4.69) is 22.1 Å². The zero-order valence-electron chi connectivity index (χ0n) is 12.0. The van der Waals surface area contributed by atoms with Crippen LogP contribution in [0.2, 0.25) is 0 Å². The molecule has 0 spiro atoms. The van der Waals surface area contributed by atoms with Crippen LogP contribution in [0.5, 0.6) is 5.75 Å². The smallest absolute Gasteiger partial charge is 0.191 e. The van der Waals surface area contributed by atoms with Gasteiger partial charge in [0.2, 0.25) is 0 Å². The molecule has 0 saturated heterocycles. The van der Waals surface area contributed by atoms with Crippen molar-refractivity contribution in [2.45, 2.75) is 37.8 Å². The van der Waals surface area contributed by atoms with Crippen LogP contribution in [0.15, 0.2) is 17.3 Å². The largest absolute Gasteiger partial charge is 0.497 e. The summed E-state index contributed by atoms with van der Waals surface area (Å²) >= 11 is 1.60. The fraction of sp³-hybridized carbons (Fsp3) is 0.462. The topological polar surface area (TPSA) is 78.9 Å². The molecule has 108 valence electrons. The van der Waals surface area contributed by atoms with Crippen LogP contribution in [0.1, 0.15) is 24.1 Å². The number of thioether (sulfide) groups is 1. The molecule has 0 unspecified atom stereocenters. The molecule has 0 radical (unpaired) electrons. The average molecular weight is 293 g/mol. The summed E-state index contributed by atoms with van der Waals surface area (Å²) in [5.41, 5.74) is 7.55. The van der Waals surface area contributed by atoms with E-state index in [0.717, 1.165) is 40.4 Å². The van der Waals surface area contributed by atoms with Crippen LogP contribution in [0.3, 0.4) is 0 Å². The Morgan fingerprint density at radius 2 is 2.15 bits per heavy atom. The molecule has 0 aliphatic rings. The summed E-state index contributed by atoms with van der Waals surface area (Å²) in [6.07, 6.45) is 0. The van der Waals surface area contributed by atoms with Gasteiger partial charge in [-0.1, -0.05) is 11.8 Å². The predicted octanol–water partition coefficient (Wildman–Crippen LogP) is 1.76. The average Bonchev–Trinajstić information content (AvgIpc) is 2.86. The normalized spacial score (nSPS) is 10.8. The lowest BCUT2D eigenvalue weighted by Crippen LogP contribution is -2.08. The number of aryl methyl sites for hydroxylation is 1. The van der Waals surface area contributed by atoms with Gasteiger partial charge in [0.25, 0.3) is 0 Å². The van der Waals surface area contributed by atoms with Crippen LogP contribution in [-0.4, -0.2) is 26.9 Å². The van der Waals surface area contributed by atoms with Gasteiger partial charge in [0.15, 0.2) is 5.16 Å². The van der Waals surface area contributed by atoms with Crippen molar-refractivity contribution >= 4 is 11.8 Å². The van der Waals surface area contributed by atoms with E-state index in [-0.39, 0.29) is 0 Å². The number of pyridine rings is 1. The van der Waals surface area contributed by atoms with Gasteiger partial charge in [0, 0.05) is 30.1 Å². The highest BCUT2D eigenvalue weighted by atomic mass is 32.2. The van der Waals surface area contributed by atoms with Crippen molar-refractivity contribution in [1.82, 2.24) is 19.7 Å². The SMILES string of the molecule is CCn1c(CN)nnc1SCc1cc(OC)cc(C)n1. The third-order valence-electron chi connectivity index (χ3n) is 2.86. The fourth-order valence-electron chi connectivity index (χ4n) is 1.93. The Hall–Kier alpha value is -1.60. The first-order valence-corrected chi connectivity index (χ1v) is 7.43. The molecule has 2 aromatic heterocycles. The molecular weight excluding hydrogens is 274 g/mol. The van der Waals surface area contributed by atoms with Crippen molar-refractivity contribution in [3.63, 3.8) is 0 Å². The first kappa shape index (κ1) is 14.8. The number of rotatable bonds is 6. The maximum atomic E-state index is 5.64. The first-order valence-electron chi connectivity index (χ1n) is 6.44. The number of aromatic nitrogens is 4. The Labute approximate surface area is 122 Å². The molecule has 6 nitrogen and oxygen atoms in total. The molecule has 7 heteroatoms. The number of nitrogens with two attached hydrogens (primary N) is 1. The zero-order valence-corrected chi connectivity index (χ0v) is 12.8. The fourth-order valence-corrected chi connectivity index (χ4v) is 2.84. The minimum absolute atomic E-state index is 0.401. The van der Waals surface area contributed by atoms with Gasteiger partial charge in [-0.3, -0.25) is 4.98 Å². The van der Waals surface area contributed by atoms with Crippen molar-refractivity contribution in [2.24, 2.45) is 5.73 Å². The molecule has 2 N–H and O–H groups in total. The van der Waals surface area contributed by atoms with Gasteiger partial charge < -0.3 is 15.0 Å². The summed E-state index contributed by atoms with van der Waals surface area (Å²) < 4.78 is 7.28. The molecule has 0 atom stereocenters. The van der Waals surface area contributed by atoms with E-state index in [1.807, 2.05) is 23.6 Å². The summed E-state index contributed by atoms with van der Waals surface area (Å²) in [7, 11) is 1.66. The molecule has 0 aliphatic heterocycles. The quantitative estimate of drug-likeness (QED) is 0.818. The predicted molar refractivity (Wildman–Crippen MR) is 78.7 cm³/mol. The molecule has 0 amide bonds. The summed E-state index contributed by atoms with van der Waals surface area (Å²) in [6.45, 7) is 5.22. The van der Waals surface area contributed by atoms with Gasteiger partial charge in [-0.15, -0.1) is 10.2 Å². The number of hydrogen-bond acceptors (Lipinski definition) is 6. The number of methoxy groups -OCH3 is 1. The lowest BCUT2D eigenvalue weighted by Gasteiger charge is -2.07. The highest BCUT2D eigenvalue weighted by molar-refractivity contribution is 7.98. The van der Waals surface area contributed by atoms with Crippen LogP contribution in [0.4, 0.5) is 0 Å². The summed E-state index contributed by atoms with van der Waals surface area (Å²) in [5, 5.41) is 9.14. The zero-order chi connectivity index (χ0) is 14.5. The van der Waals surface area contributed by atoms with Gasteiger partial charge in [0.05, 0.1) is 19.3 Å². The van der Waals surface area contributed by atoms with Crippen molar-refractivity contribution in [1.29, 1.82) is 0 Å².